The molecule has 0 aromatic heterocycles. The molecule has 1 amide bonds. The predicted octanol–water partition coefficient (Wildman–Crippen LogP) is 1.04. The fourth-order valence-electron chi connectivity index (χ4n) is 2.43. The van der Waals surface area contributed by atoms with E-state index in [2.05, 4.69) is 16.3 Å². The number of hydrogen-bond donors (Lipinski definition) is 2. The second kappa shape index (κ2) is 5.93. The number of nitriles is 1. The van der Waals surface area contributed by atoms with Crippen LogP contribution in [-0.2, 0) is 11.2 Å². The number of phenolic OH excluding ortho intramolecular Hbond substituents is 1. The number of carbonyl (C=O) groups is 1. The van der Waals surface area contributed by atoms with Gasteiger partial charge in [0.05, 0.1) is 12.5 Å². The van der Waals surface area contributed by atoms with Gasteiger partial charge in [0.15, 0.2) is 0 Å². The molecular formula is C15H19N3O2. The van der Waals surface area contributed by atoms with E-state index in [1.165, 1.54) is 0 Å². The van der Waals surface area contributed by atoms with Crippen LogP contribution in [0.5, 0.6) is 5.75 Å². The quantitative estimate of drug-likeness (QED) is 0.862. The zero-order valence-corrected chi connectivity index (χ0v) is 11.6. The molecule has 0 radical (unpaired) electrons. The lowest BCUT2D eigenvalue weighted by Gasteiger charge is -2.36. The highest BCUT2D eigenvalue weighted by Crippen LogP contribution is 2.21. The van der Waals surface area contributed by atoms with Crippen LogP contribution in [-0.4, -0.2) is 41.6 Å². The van der Waals surface area contributed by atoms with Gasteiger partial charge in [-0.15, -0.1) is 0 Å². The minimum absolute atomic E-state index is 0.143. The summed E-state index contributed by atoms with van der Waals surface area (Å²) < 4.78 is 0. The first-order valence-corrected chi connectivity index (χ1v) is 6.72. The molecule has 2 rings (SSSR count). The Morgan fingerprint density at radius 2 is 2.20 bits per heavy atom. The number of amides is 1. The van der Waals surface area contributed by atoms with E-state index in [-0.39, 0.29) is 18.1 Å². The Morgan fingerprint density at radius 3 is 2.80 bits per heavy atom. The summed E-state index contributed by atoms with van der Waals surface area (Å²) in [5.41, 5.74) is -0.0102. The van der Waals surface area contributed by atoms with Crippen LogP contribution in [0.2, 0.25) is 0 Å². The van der Waals surface area contributed by atoms with Crippen molar-refractivity contribution in [3.63, 3.8) is 0 Å². The van der Waals surface area contributed by atoms with E-state index in [4.69, 9.17) is 0 Å². The number of nitrogens with zero attached hydrogens (tertiary/aromatic N) is 2. The highest BCUT2D eigenvalue weighted by atomic mass is 16.3. The second-order valence-corrected chi connectivity index (χ2v) is 5.39. The van der Waals surface area contributed by atoms with Gasteiger partial charge in [-0.3, -0.25) is 4.79 Å². The van der Waals surface area contributed by atoms with Crippen molar-refractivity contribution in [3.05, 3.63) is 29.8 Å². The zero-order chi connectivity index (χ0) is 14.6. The Morgan fingerprint density at radius 1 is 1.50 bits per heavy atom. The SMILES string of the molecule is CN1CCC(C#N)(NC(=O)Cc2cccc(O)c2)CC1. The molecule has 1 fully saturated rings. The van der Waals surface area contributed by atoms with E-state index in [1.807, 2.05) is 7.05 Å². The van der Waals surface area contributed by atoms with Gasteiger partial charge in [-0.1, -0.05) is 12.1 Å². The van der Waals surface area contributed by atoms with Gasteiger partial charge >= 0.3 is 0 Å². The van der Waals surface area contributed by atoms with Gasteiger partial charge in [-0.2, -0.15) is 5.26 Å². The first-order valence-electron chi connectivity index (χ1n) is 6.72. The van der Waals surface area contributed by atoms with Gasteiger partial charge in [0.2, 0.25) is 5.91 Å². The van der Waals surface area contributed by atoms with E-state index in [0.29, 0.717) is 12.8 Å². The van der Waals surface area contributed by atoms with Crippen LogP contribution >= 0.6 is 0 Å². The standard InChI is InChI=1S/C15H19N3O2/c1-18-7-5-15(11-16,6-8-18)17-14(20)10-12-3-2-4-13(19)9-12/h2-4,9,19H,5-8,10H2,1H3,(H,17,20). The van der Waals surface area contributed by atoms with Crippen LogP contribution in [0.25, 0.3) is 0 Å². The van der Waals surface area contributed by atoms with E-state index in [9.17, 15) is 15.2 Å². The number of hydrogen-bond acceptors (Lipinski definition) is 4. The monoisotopic (exact) mass is 273 g/mol. The number of piperidine rings is 1. The van der Waals surface area contributed by atoms with E-state index >= 15 is 0 Å². The largest absolute Gasteiger partial charge is 0.508 e. The van der Waals surface area contributed by atoms with Gasteiger partial charge in [0.25, 0.3) is 0 Å². The molecule has 0 saturated carbocycles. The number of rotatable bonds is 3. The normalized spacial score (nSPS) is 18.2. The molecule has 1 heterocycles. The Balaban J connectivity index is 1.98. The topological polar surface area (TPSA) is 76.4 Å². The summed E-state index contributed by atoms with van der Waals surface area (Å²) in [6, 6.07) is 8.87. The number of nitrogens with one attached hydrogen (secondary N) is 1. The first-order chi connectivity index (χ1) is 9.53. The van der Waals surface area contributed by atoms with Crippen molar-refractivity contribution >= 4 is 5.91 Å². The van der Waals surface area contributed by atoms with Gasteiger partial charge in [0.1, 0.15) is 11.3 Å². The van der Waals surface area contributed by atoms with Crippen LogP contribution in [0, 0.1) is 11.3 Å². The molecular weight excluding hydrogens is 254 g/mol. The summed E-state index contributed by atoms with van der Waals surface area (Å²) in [5, 5.41) is 21.6. The summed E-state index contributed by atoms with van der Waals surface area (Å²) in [6.07, 6.45) is 1.46. The highest BCUT2D eigenvalue weighted by Gasteiger charge is 2.35. The number of benzene rings is 1. The lowest BCUT2D eigenvalue weighted by molar-refractivity contribution is -0.122. The molecule has 1 aliphatic rings. The number of aromatic hydroxyl groups is 1. The molecule has 0 atom stereocenters. The third-order valence-electron chi connectivity index (χ3n) is 3.71. The molecule has 0 spiro atoms. The fourth-order valence-corrected chi connectivity index (χ4v) is 2.43. The molecule has 1 saturated heterocycles. The number of carbonyl (C=O) groups excluding carboxylic acids is 1. The molecule has 1 aromatic carbocycles. The Hall–Kier alpha value is -2.06. The third kappa shape index (κ3) is 3.49. The van der Waals surface area contributed by atoms with Crippen molar-refractivity contribution in [2.75, 3.05) is 20.1 Å². The minimum atomic E-state index is -0.750. The van der Waals surface area contributed by atoms with Gasteiger partial charge in [-0.05, 0) is 37.6 Å². The maximum Gasteiger partial charge on any atom is 0.225 e. The fraction of sp³-hybridized carbons (Fsp3) is 0.467. The average molecular weight is 273 g/mol. The smallest absolute Gasteiger partial charge is 0.225 e. The highest BCUT2D eigenvalue weighted by molar-refractivity contribution is 5.80. The maximum atomic E-state index is 12.1. The molecule has 5 heteroatoms. The van der Waals surface area contributed by atoms with E-state index in [1.54, 1.807) is 24.3 Å². The Bertz CT molecular complexity index is 528. The Labute approximate surface area is 118 Å². The van der Waals surface area contributed by atoms with Crippen LogP contribution < -0.4 is 5.32 Å². The van der Waals surface area contributed by atoms with Crippen LogP contribution in [0.1, 0.15) is 18.4 Å². The van der Waals surface area contributed by atoms with Gasteiger partial charge in [0, 0.05) is 13.1 Å². The lowest BCUT2D eigenvalue weighted by Crippen LogP contribution is -2.54. The summed E-state index contributed by atoms with van der Waals surface area (Å²) in [7, 11) is 2.01. The lowest BCUT2D eigenvalue weighted by atomic mass is 9.89. The summed E-state index contributed by atoms with van der Waals surface area (Å²) in [6.45, 7) is 1.61. The molecule has 20 heavy (non-hydrogen) atoms. The minimum Gasteiger partial charge on any atom is -0.508 e. The van der Waals surface area contributed by atoms with Gasteiger partial charge < -0.3 is 15.3 Å². The van der Waals surface area contributed by atoms with Crippen LogP contribution in [0.3, 0.4) is 0 Å². The average Bonchev–Trinajstić information content (AvgIpc) is 2.41. The first kappa shape index (κ1) is 14.4. The van der Waals surface area contributed by atoms with Crippen LogP contribution in [0.4, 0.5) is 0 Å². The molecule has 0 aliphatic carbocycles. The molecule has 1 aromatic rings. The van der Waals surface area contributed by atoms with Crippen molar-refractivity contribution in [1.82, 2.24) is 10.2 Å². The maximum absolute atomic E-state index is 12.1. The molecule has 2 N–H and O–H groups in total. The summed E-state index contributed by atoms with van der Waals surface area (Å²) in [4.78, 5) is 14.2. The summed E-state index contributed by atoms with van der Waals surface area (Å²) >= 11 is 0. The molecule has 0 unspecified atom stereocenters. The van der Waals surface area contributed by atoms with Crippen molar-refractivity contribution in [2.45, 2.75) is 24.8 Å². The van der Waals surface area contributed by atoms with Crippen molar-refractivity contribution < 1.29 is 9.90 Å². The van der Waals surface area contributed by atoms with E-state index < -0.39 is 5.54 Å². The van der Waals surface area contributed by atoms with Crippen molar-refractivity contribution in [2.24, 2.45) is 0 Å². The van der Waals surface area contributed by atoms with Gasteiger partial charge in [-0.25, -0.2) is 0 Å². The number of phenols is 1. The molecule has 5 nitrogen and oxygen atoms in total. The Kier molecular flexibility index (Phi) is 4.26. The summed E-state index contributed by atoms with van der Waals surface area (Å²) in [5.74, 6) is -0.0358. The van der Waals surface area contributed by atoms with Crippen LogP contribution in [0.15, 0.2) is 24.3 Å². The molecule has 1 aliphatic heterocycles. The van der Waals surface area contributed by atoms with Crippen molar-refractivity contribution in [1.29, 1.82) is 5.26 Å². The number of likely N-dealkylation sites (tertiary alicyclic amines) is 1. The predicted molar refractivity (Wildman–Crippen MR) is 75.0 cm³/mol. The van der Waals surface area contributed by atoms with E-state index in [0.717, 1.165) is 18.7 Å². The third-order valence-corrected chi connectivity index (χ3v) is 3.71. The zero-order valence-electron chi connectivity index (χ0n) is 11.6. The van der Waals surface area contributed by atoms with Crippen molar-refractivity contribution in [3.8, 4) is 11.8 Å². The molecule has 0 bridgehead atoms. The molecule has 106 valence electrons. The second-order valence-electron chi connectivity index (χ2n) is 5.39.